The first kappa shape index (κ1) is 17.8. The summed E-state index contributed by atoms with van der Waals surface area (Å²) in [6.07, 6.45) is -3.63. The van der Waals surface area contributed by atoms with Gasteiger partial charge >= 0.3 is 6.18 Å². The standard InChI is InChI=1S/C14H16F3N3O2/c1-3-19(8-10(2)7-18)12(21)9-20-6-4-5-11(13(20)22)14(15,16)17/h4-6,10H,3,8-9H2,1-2H3/t10-/m0/s1. The van der Waals surface area contributed by atoms with Crippen molar-refractivity contribution >= 4 is 5.91 Å². The molecule has 5 nitrogen and oxygen atoms in total. The van der Waals surface area contributed by atoms with Crippen LogP contribution in [-0.4, -0.2) is 28.5 Å². The predicted molar refractivity (Wildman–Crippen MR) is 72.7 cm³/mol. The minimum absolute atomic E-state index is 0.166. The van der Waals surface area contributed by atoms with Crippen LogP contribution in [0, 0.1) is 17.2 Å². The van der Waals surface area contributed by atoms with Crippen LogP contribution < -0.4 is 5.56 Å². The molecule has 0 bridgehead atoms. The quantitative estimate of drug-likeness (QED) is 0.833. The molecule has 1 rings (SSSR count). The van der Waals surface area contributed by atoms with Crippen LogP contribution in [0.1, 0.15) is 19.4 Å². The van der Waals surface area contributed by atoms with Gasteiger partial charge in [-0.3, -0.25) is 9.59 Å². The van der Waals surface area contributed by atoms with E-state index in [9.17, 15) is 22.8 Å². The molecule has 0 aliphatic heterocycles. The SMILES string of the molecule is CCN(C[C@@H](C)C#N)C(=O)Cn1cccc(C(F)(F)F)c1=O. The van der Waals surface area contributed by atoms with Crippen LogP contribution in [-0.2, 0) is 17.5 Å². The first-order valence-electron chi connectivity index (χ1n) is 6.64. The highest BCUT2D eigenvalue weighted by Gasteiger charge is 2.34. The van der Waals surface area contributed by atoms with Gasteiger partial charge in [0.1, 0.15) is 12.1 Å². The Bertz CT molecular complexity index is 631. The van der Waals surface area contributed by atoms with Crippen LogP contribution in [0.4, 0.5) is 13.2 Å². The van der Waals surface area contributed by atoms with Gasteiger partial charge < -0.3 is 9.47 Å². The number of rotatable bonds is 5. The second-order valence-corrected chi connectivity index (χ2v) is 4.82. The lowest BCUT2D eigenvalue weighted by molar-refractivity contribution is -0.139. The van der Waals surface area contributed by atoms with Gasteiger partial charge in [0, 0.05) is 19.3 Å². The van der Waals surface area contributed by atoms with Crippen LogP contribution in [0.3, 0.4) is 0 Å². The number of carbonyl (C=O) groups is 1. The first-order chi connectivity index (χ1) is 10.2. The van der Waals surface area contributed by atoms with Crippen molar-refractivity contribution in [1.29, 1.82) is 5.26 Å². The van der Waals surface area contributed by atoms with Crippen LogP contribution >= 0.6 is 0 Å². The highest BCUT2D eigenvalue weighted by atomic mass is 19.4. The second kappa shape index (κ2) is 7.11. The van der Waals surface area contributed by atoms with E-state index in [-0.39, 0.29) is 6.54 Å². The van der Waals surface area contributed by atoms with Crippen molar-refractivity contribution in [2.45, 2.75) is 26.6 Å². The Balaban J connectivity index is 2.98. The highest BCUT2D eigenvalue weighted by molar-refractivity contribution is 5.76. The van der Waals surface area contributed by atoms with E-state index in [1.54, 1.807) is 13.8 Å². The van der Waals surface area contributed by atoms with Crippen molar-refractivity contribution in [2.24, 2.45) is 5.92 Å². The van der Waals surface area contributed by atoms with Crippen LogP contribution in [0.5, 0.6) is 0 Å². The molecular weight excluding hydrogens is 299 g/mol. The third-order valence-corrected chi connectivity index (χ3v) is 3.08. The summed E-state index contributed by atoms with van der Waals surface area (Å²) in [6, 6.07) is 3.73. The molecule has 1 aromatic rings. The molecule has 8 heteroatoms. The Labute approximate surface area is 125 Å². The van der Waals surface area contributed by atoms with Gasteiger partial charge in [-0.1, -0.05) is 0 Å². The molecular formula is C14H16F3N3O2. The number of halogens is 3. The van der Waals surface area contributed by atoms with E-state index in [0.29, 0.717) is 12.6 Å². The largest absolute Gasteiger partial charge is 0.421 e. The highest BCUT2D eigenvalue weighted by Crippen LogP contribution is 2.25. The van der Waals surface area contributed by atoms with Crippen molar-refractivity contribution in [1.82, 2.24) is 9.47 Å². The lowest BCUT2D eigenvalue weighted by Gasteiger charge is -2.22. The topological polar surface area (TPSA) is 66.1 Å². The number of hydrogen-bond acceptors (Lipinski definition) is 3. The Hall–Kier alpha value is -2.30. The third kappa shape index (κ3) is 4.35. The van der Waals surface area contributed by atoms with Crippen molar-refractivity contribution in [3.05, 3.63) is 34.2 Å². The van der Waals surface area contributed by atoms with E-state index < -0.39 is 35.7 Å². The van der Waals surface area contributed by atoms with Gasteiger partial charge in [0.15, 0.2) is 0 Å². The number of pyridine rings is 1. The summed E-state index contributed by atoms with van der Waals surface area (Å²) in [4.78, 5) is 25.2. The van der Waals surface area contributed by atoms with Crippen molar-refractivity contribution in [3.8, 4) is 6.07 Å². The molecule has 1 heterocycles. The molecule has 0 spiro atoms. The van der Waals surface area contributed by atoms with E-state index in [2.05, 4.69) is 0 Å². The molecule has 0 N–H and O–H groups in total. The van der Waals surface area contributed by atoms with Crippen LogP contribution in [0.25, 0.3) is 0 Å². The summed E-state index contributed by atoms with van der Waals surface area (Å²) < 4.78 is 38.7. The molecule has 0 saturated heterocycles. The first-order valence-corrected chi connectivity index (χ1v) is 6.64. The molecule has 0 unspecified atom stereocenters. The van der Waals surface area contributed by atoms with Crippen molar-refractivity contribution in [2.75, 3.05) is 13.1 Å². The van der Waals surface area contributed by atoms with Gasteiger partial charge in [-0.25, -0.2) is 0 Å². The fourth-order valence-electron chi connectivity index (χ4n) is 1.90. The van der Waals surface area contributed by atoms with E-state index in [1.807, 2.05) is 6.07 Å². The van der Waals surface area contributed by atoms with E-state index in [1.165, 1.54) is 4.90 Å². The maximum Gasteiger partial charge on any atom is 0.421 e. The minimum Gasteiger partial charge on any atom is -0.340 e. The number of likely N-dealkylation sites (N-methyl/N-ethyl adjacent to an activating group) is 1. The van der Waals surface area contributed by atoms with E-state index >= 15 is 0 Å². The summed E-state index contributed by atoms with van der Waals surface area (Å²) in [6.45, 7) is 3.30. The molecule has 0 aliphatic rings. The predicted octanol–water partition coefficient (Wildman–Crippen LogP) is 1.88. The van der Waals surface area contributed by atoms with Gasteiger partial charge in [-0.2, -0.15) is 18.4 Å². The third-order valence-electron chi connectivity index (χ3n) is 3.08. The van der Waals surface area contributed by atoms with E-state index in [0.717, 1.165) is 16.8 Å². The van der Waals surface area contributed by atoms with Gasteiger partial charge in [0.25, 0.3) is 5.56 Å². The number of nitriles is 1. The molecule has 0 radical (unpaired) electrons. The fourth-order valence-corrected chi connectivity index (χ4v) is 1.90. The molecule has 22 heavy (non-hydrogen) atoms. The Morgan fingerprint density at radius 1 is 1.50 bits per heavy atom. The van der Waals surface area contributed by atoms with Gasteiger partial charge in [-0.15, -0.1) is 0 Å². The molecule has 0 aromatic carbocycles. The normalized spacial score (nSPS) is 12.5. The Morgan fingerprint density at radius 2 is 2.14 bits per heavy atom. The number of alkyl halides is 3. The average Bonchev–Trinajstić information content (AvgIpc) is 2.45. The van der Waals surface area contributed by atoms with Crippen LogP contribution in [0.15, 0.2) is 23.1 Å². The number of amides is 1. The molecule has 1 amide bonds. The summed E-state index contributed by atoms with van der Waals surface area (Å²) in [5.74, 6) is -0.909. The number of hydrogen-bond donors (Lipinski definition) is 0. The summed E-state index contributed by atoms with van der Waals surface area (Å²) in [5, 5.41) is 8.75. The zero-order valence-electron chi connectivity index (χ0n) is 12.2. The minimum atomic E-state index is -4.76. The fraction of sp³-hybridized carbons (Fsp3) is 0.500. The zero-order chi connectivity index (χ0) is 16.9. The average molecular weight is 315 g/mol. The van der Waals surface area contributed by atoms with Crippen molar-refractivity contribution < 1.29 is 18.0 Å². The van der Waals surface area contributed by atoms with Crippen molar-refractivity contribution in [3.63, 3.8) is 0 Å². The van der Waals surface area contributed by atoms with Crippen LogP contribution in [0.2, 0.25) is 0 Å². The number of aromatic nitrogens is 1. The van der Waals surface area contributed by atoms with Gasteiger partial charge in [0.2, 0.25) is 5.91 Å². The molecule has 1 atom stereocenters. The second-order valence-electron chi connectivity index (χ2n) is 4.82. The lowest BCUT2D eigenvalue weighted by Crippen LogP contribution is -2.39. The molecule has 1 aromatic heterocycles. The maximum atomic E-state index is 12.7. The Morgan fingerprint density at radius 3 is 2.64 bits per heavy atom. The molecule has 0 saturated carbocycles. The number of carbonyl (C=O) groups excluding carboxylic acids is 1. The summed E-state index contributed by atoms with van der Waals surface area (Å²) >= 11 is 0. The smallest absolute Gasteiger partial charge is 0.340 e. The zero-order valence-corrected chi connectivity index (χ0v) is 12.2. The maximum absolute atomic E-state index is 12.7. The molecule has 0 fully saturated rings. The number of nitrogens with zero attached hydrogens (tertiary/aromatic N) is 3. The van der Waals surface area contributed by atoms with Gasteiger partial charge in [-0.05, 0) is 26.0 Å². The summed E-state index contributed by atoms with van der Waals surface area (Å²) in [5.41, 5.74) is -2.57. The monoisotopic (exact) mass is 315 g/mol. The Kier molecular flexibility index (Phi) is 5.74. The lowest BCUT2D eigenvalue weighted by atomic mass is 10.2. The molecule has 120 valence electrons. The van der Waals surface area contributed by atoms with E-state index in [4.69, 9.17) is 5.26 Å². The molecule has 0 aliphatic carbocycles. The van der Waals surface area contributed by atoms with Gasteiger partial charge in [0.05, 0.1) is 12.0 Å². The summed E-state index contributed by atoms with van der Waals surface area (Å²) in [7, 11) is 0.